The molecular formula is C15H34N2. The number of hydrogen-bond donors (Lipinski definition) is 1. The summed E-state index contributed by atoms with van der Waals surface area (Å²) in [4.78, 5) is 2.50. The van der Waals surface area contributed by atoms with Crippen LogP contribution >= 0.6 is 0 Å². The maximum atomic E-state index is 3.63. The van der Waals surface area contributed by atoms with E-state index >= 15 is 0 Å². The Kier molecular flexibility index (Phi) is 6.16. The van der Waals surface area contributed by atoms with E-state index < -0.39 is 0 Å². The summed E-state index contributed by atoms with van der Waals surface area (Å²) in [6, 6.07) is 0.605. The highest BCUT2D eigenvalue weighted by atomic mass is 15.2. The molecule has 1 unspecified atom stereocenters. The quantitative estimate of drug-likeness (QED) is 0.795. The first-order valence-electron chi connectivity index (χ1n) is 6.88. The molecule has 0 bridgehead atoms. The first-order valence-corrected chi connectivity index (χ1v) is 6.88. The zero-order chi connectivity index (χ0) is 13.9. The van der Waals surface area contributed by atoms with Crippen molar-refractivity contribution < 1.29 is 0 Å². The van der Waals surface area contributed by atoms with Gasteiger partial charge in [-0.05, 0) is 39.2 Å². The minimum absolute atomic E-state index is 0.204. The molecule has 0 aromatic rings. The Bertz CT molecular complexity index is 208. The first kappa shape index (κ1) is 16.9. The van der Waals surface area contributed by atoms with E-state index in [9.17, 15) is 0 Å². The monoisotopic (exact) mass is 242 g/mol. The van der Waals surface area contributed by atoms with E-state index in [1.807, 2.05) is 0 Å². The van der Waals surface area contributed by atoms with Crippen LogP contribution in [0.3, 0.4) is 0 Å². The molecular weight excluding hydrogens is 208 g/mol. The average Bonchev–Trinajstić information content (AvgIpc) is 1.96. The molecule has 0 aromatic carbocycles. The van der Waals surface area contributed by atoms with Crippen molar-refractivity contribution >= 4 is 0 Å². The van der Waals surface area contributed by atoms with Gasteiger partial charge in [-0.1, -0.05) is 34.6 Å². The van der Waals surface area contributed by atoms with Gasteiger partial charge in [0.25, 0.3) is 0 Å². The van der Waals surface area contributed by atoms with Crippen molar-refractivity contribution in [3.05, 3.63) is 0 Å². The van der Waals surface area contributed by atoms with Gasteiger partial charge in [-0.2, -0.15) is 0 Å². The summed E-state index contributed by atoms with van der Waals surface area (Å²) in [6.45, 7) is 20.4. The third-order valence-corrected chi connectivity index (χ3v) is 2.90. The highest BCUT2D eigenvalue weighted by Gasteiger charge is 2.24. The van der Waals surface area contributed by atoms with Gasteiger partial charge in [-0.3, -0.25) is 0 Å². The van der Waals surface area contributed by atoms with Gasteiger partial charge in [-0.15, -0.1) is 0 Å². The summed E-state index contributed by atoms with van der Waals surface area (Å²) >= 11 is 0. The molecule has 0 fully saturated rings. The molecule has 0 heterocycles. The second-order valence-electron chi connectivity index (χ2n) is 7.92. The van der Waals surface area contributed by atoms with Crippen molar-refractivity contribution in [3.63, 3.8) is 0 Å². The van der Waals surface area contributed by atoms with E-state index in [4.69, 9.17) is 0 Å². The topological polar surface area (TPSA) is 15.3 Å². The van der Waals surface area contributed by atoms with Crippen LogP contribution in [0, 0.1) is 11.3 Å². The van der Waals surface area contributed by atoms with Gasteiger partial charge >= 0.3 is 0 Å². The number of nitrogens with one attached hydrogen (secondary N) is 1. The van der Waals surface area contributed by atoms with Crippen molar-refractivity contribution in [1.29, 1.82) is 0 Å². The fourth-order valence-corrected chi connectivity index (χ4v) is 2.18. The lowest BCUT2D eigenvalue weighted by Crippen LogP contribution is -2.50. The number of rotatable bonds is 5. The van der Waals surface area contributed by atoms with Crippen LogP contribution in [0.4, 0.5) is 0 Å². The fraction of sp³-hybridized carbons (Fsp3) is 1.00. The summed E-state index contributed by atoms with van der Waals surface area (Å²) in [6.07, 6.45) is 0. The number of likely N-dealkylation sites (N-methyl/N-ethyl adjacent to an activating group) is 1. The minimum atomic E-state index is 0.204. The molecule has 17 heavy (non-hydrogen) atoms. The molecule has 0 saturated carbocycles. The third-order valence-electron chi connectivity index (χ3n) is 2.90. The SMILES string of the molecule is CC(C)C(CNC(C)(C)C)N(C)CC(C)(C)C. The Morgan fingerprint density at radius 2 is 1.47 bits per heavy atom. The van der Waals surface area contributed by atoms with E-state index in [1.165, 1.54) is 0 Å². The lowest BCUT2D eigenvalue weighted by molar-refractivity contribution is 0.131. The zero-order valence-electron chi connectivity index (χ0n) is 13.5. The molecule has 0 spiro atoms. The van der Waals surface area contributed by atoms with Gasteiger partial charge in [0, 0.05) is 24.7 Å². The van der Waals surface area contributed by atoms with Crippen molar-refractivity contribution in [2.45, 2.75) is 67.0 Å². The largest absolute Gasteiger partial charge is 0.311 e. The highest BCUT2D eigenvalue weighted by Crippen LogP contribution is 2.18. The molecule has 0 rings (SSSR count). The molecule has 0 radical (unpaired) electrons. The molecule has 0 aliphatic heterocycles. The van der Waals surface area contributed by atoms with Crippen molar-refractivity contribution in [2.75, 3.05) is 20.1 Å². The van der Waals surface area contributed by atoms with E-state index in [1.54, 1.807) is 0 Å². The Hall–Kier alpha value is -0.0800. The molecule has 104 valence electrons. The smallest absolute Gasteiger partial charge is 0.0240 e. The summed E-state index contributed by atoms with van der Waals surface area (Å²) in [7, 11) is 2.25. The predicted molar refractivity (Wildman–Crippen MR) is 78.5 cm³/mol. The normalized spacial score (nSPS) is 15.7. The maximum Gasteiger partial charge on any atom is 0.0240 e. The van der Waals surface area contributed by atoms with Gasteiger partial charge < -0.3 is 10.2 Å². The summed E-state index contributed by atoms with van der Waals surface area (Å²) in [5, 5.41) is 3.63. The second kappa shape index (κ2) is 6.19. The molecule has 0 amide bonds. The molecule has 0 aromatic heterocycles. The van der Waals surface area contributed by atoms with Gasteiger partial charge in [0.1, 0.15) is 0 Å². The molecule has 1 atom stereocenters. The second-order valence-corrected chi connectivity index (χ2v) is 7.92. The first-order chi connectivity index (χ1) is 7.42. The van der Waals surface area contributed by atoms with Gasteiger partial charge in [0.15, 0.2) is 0 Å². The van der Waals surface area contributed by atoms with Gasteiger partial charge in [-0.25, -0.2) is 0 Å². The van der Waals surface area contributed by atoms with Crippen molar-refractivity contribution in [2.24, 2.45) is 11.3 Å². The van der Waals surface area contributed by atoms with Crippen LogP contribution in [0.15, 0.2) is 0 Å². The standard InChI is InChI=1S/C15H34N2/c1-12(2)13(10-16-15(6,7)8)17(9)11-14(3,4)5/h12-13,16H,10-11H2,1-9H3. The fourth-order valence-electron chi connectivity index (χ4n) is 2.18. The van der Waals surface area contributed by atoms with Crippen LogP contribution < -0.4 is 5.32 Å². The van der Waals surface area contributed by atoms with Gasteiger partial charge in [0.05, 0.1) is 0 Å². The maximum absolute atomic E-state index is 3.63. The third kappa shape index (κ3) is 8.62. The minimum Gasteiger partial charge on any atom is -0.311 e. The van der Waals surface area contributed by atoms with Crippen molar-refractivity contribution in [3.8, 4) is 0 Å². The zero-order valence-corrected chi connectivity index (χ0v) is 13.5. The van der Waals surface area contributed by atoms with Crippen LogP contribution in [-0.4, -0.2) is 36.6 Å². The number of nitrogens with zero attached hydrogens (tertiary/aromatic N) is 1. The van der Waals surface area contributed by atoms with E-state index in [2.05, 4.69) is 72.7 Å². The summed E-state index contributed by atoms with van der Waals surface area (Å²) < 4.78 is 0. The Morgan fingerprint density at radius 1 is 1.00 bits per heavy atom. The van der Waals surface area contributed by atoms with Crippen LogP contribution in [0.2, 0.25) is 0 Å². The van der Waals surface area contributed by atoms with Gasteiger partial charge in [0.2, 0.25) is 0 Å². The van der Waals surface area contributed by atoms with E-state index in [0.29, 0.717) is 17.4 Å². The Morgan fingerprint density at radius 3 is 1.76 bits per heavy atom. The van der Waals surface area contributed by atoms with Crippen molar-refractivity contribution in [1.82, 2.24) is 10.2 Å². The highest BCUT2D eigenvalue weighted by molar-refractivity contribution is 4.81. The van der Waals surface area contributed by atoms with E-state index in [0.717, 1.165) is 13.1 Å². The van der Waals surface area contributed by atoms with Crippen LogP contribution in [-0.2, 0) is 0 Å². The molecule has 0 aliphatic carbocycles. The predicted octanol–water partition coefficient (Wildman–Crippen LogP) is 3.38. The average molecular weight is 242 g/mol. The van der Waals surface area contributed by atoms with Crippen LogP contribution in [0.1, 0.15) is 55.4 Å². The summed E-state index contributed by atoms with van der Waals surface area (Å²) in [5.41, 5.74) is 0.569. The lowest BCUT2D eigenvalue weighted by atomic mass is 9.93. The number of hydrogen-bond acceptors (Lipinski definition) is 2. The molecule has 2 nitrogen and oxygen atoms in total. The molecule has 0 aliphatic rings. The molecule has 1 N–H and O–H groups in total. The van der Waals surface area contributed by atoms with E-state index in [-0.39, 0.29) is 5.54 Å². The van der Waals surface area contributed by atoms with Crippen LogP contribution in [0.25, 0.3) is 0 Å². The Balaban J connectivity index is 4.42. The van der Waals surface area contributed by atoms with Crippen LogP contribution in [0.5, 0.6) is 0 Å². The molecule has 0 saturated heterocycles. The lowest BCUT2D eigenvalue weighted by Gasteiger charge is -2.37. The summed E-state index contributed by atoms with van der Waals surface area (Å²) in [5.74, 6) is 0.678. The Labute approximate surface area is 109 Å². The molecule has 2 heteroatoms.